The van der Waals surface area contributed by atoms with Crippen LogP contribution in [0.25, 0.3) is 10.2 Å². The van der Waals surface area contributed by atoms with E-state index in [9.17, 15) is 4.79 Å². The van der Waals surface area contributed by atoms with Crippen molar-refractivity contribution in [3.05, 3.63) is 63.5 Å². The first-order valence-electron chi connectivity index (χ1n) is 10.2. The van der Waals surface area contributed by atoms with Crippen molar-refractivity contribution in [3.63, 3.8) is 0 Å². The van der Waals surface area contributed by atoms with Gasteiger partial charge in [0.25, 0.3) is 5.56 Å². The van der Waals surface area contributed by atoms with Crippen molar-refractivity contribution < 1.29 is 0 Å². The SMILES string of the molecule is CCC(c1nc2sccc2c(=O)n1Cc1ccccc1)N1CCC(CN)CC1. The molecule has 2 N–H and O–H groups in total. The van der Waals surface area contributed by atoms with Crippen LogP contribution in [0, 0.1) is 5.92 Å². The minimum absolute atomic E-state index is 0.0698. The summed E-state index contributed by atoms with van der Waals surface area (Å²) in [7, 11) is 0. The van der Waals surface area contributed by atoms with Crippen molar-refractivity contribution in [2.24, 2.45) is 11.7 Å². The maximum atomic E-state index is 13.3. The van der Waals surface area contributed by atoms with Crippen molar-refractivity contribution >= 4 is 21.6 Å². The van der Waals surface area contributed by atoms with E-state index in [2.05, 4.69) is 24.0 Å². The summed E-state index contributed by atoms with van der Waals surface area (Å²) in [5, 5.41) is 2.69. The molecule has 5 nitrogen and oxygen atoms in total. The van der Waals surface area contributed by atoms with Gasteiger partial charge in [-0.05, 0) is 61.8 Å². The molecule has 0 spiro atoms. The summed E-state index contributed by atoms with van der Waals surface area (Å²) < 4.78 is 1.90. The minimum atomic E-state index is 0.0698. The average molecular weight is 397 g/mol. The second kappa shape index (κ2) is 8.55. The molecule has 1 fully saturated rings. The molecule has 2 aromatic heterocycles. The van der Waals surface area contributed by atoms with E-state index in [-0.39, 0.29) is 11.6 Å². The molecule has 0 saturated carbocycles. The van der Waals surface area contributed by atoms with E-state index >= 15 is 0 Å². The molecule has 4 rings (SSSR count). The number of nitrogens with two attached hydrogens (primary N) is 1. The van der Waals surface area contributed by atoms with Gasteiger partial charge in [0.05, 0.1) is 18.0 Å². The summed E-state index contributed by atoms with van der Waals surface area (Å²) in [5.74, 6) is 1.52. The Balaban J connectivity index is 1.75. The summed E-state index contributed by atoms with van der Waals surface area (Å²) in [6, 6.07) is 12.2. The van der Waals surface area contributed by atoms with Crippen LogP contribution in [0.2, 0.25) is 0 Å². The monoisotopic (exact) mass is 396 g/mol. The van der Waals surface area contributed by atoms with Gasteiger partial charge in [-0.2, -0.15) is 0 Å². The lowest BCUT2D eigenvalue weighted by Gasteiger charge is -2.37. The van der Waals surface area contributed by atoms with Gasteiger partial charge < -0.3 is 5.73 Å². The van der Waals surface area contributed by atoms with Crippen LogP contribution in [-0.2, 0) is 6.54 Å². The van der Waals surface area contributed by atoms with E-state index in [4.69, 9.17) is 10.7 Å². The van der Waals surface area contributed by atoms with Crippen molar-refractivity contribution in [2.75, 3.05) is 19.6 Å². The molecule has 0 amide bonds. The third-order valence-electron chi connectivity index (χ3n) is 5.90. The first-order valence-corrected chi connectivity index (χ1v) is 11.0. The molecule has 0 aliphatic carbocycles. The van der Waals surface area contributed by atoms with Gasteiger partial charge in [0, 0.05) is 0 Å². The highest BCUT2D eigenvalue weighted by Crippen LogP contribution is 2.29. The van der Waals surface area contributed by atoms with Crippen molar-refractivity contribution in [3.8, 4) is 0 Å². The predicted octanol–water partition coefficient (Wildman–Crippen LogP) is 3.63. The number of likely N-dealkylation sites (tertiary alicyclic amines) is 1. The summed E-state index contributed by atoms with van der Waals surface area (Å²) in [5.41, 5.74) is 7.07. The van der Waals surface area contributed by atoms with Gasteiger partial charge >= 0.3 is 0 Å². The summed E-state index contributed by atoms with van der Waals surface area (Å²) in [6.45, 7) is 5.55. The highest BCUT2D eigenvalue weighted by atomic mass is 32.1. The Labute approximate surface area is 169 Å². The second-order valence-electron chi connectivity index (χ2n) is 7.63. The van der Waals surface area contributed by atoms with E-state index in [0.29, 0.717) is 12.5 Å². The molecule has 3 heterocycles. The lowest BCUT2D eigenvalue weighted by Crippen LogP contribution is -2.41. The molecule has 1 aliphatic heterocycles. The fourth-order valence-electron chi connectivity index (χ4n) is 4.24. The van der Waals surface area contributed by atoms with E-state index < -0.39 is 0 Å². The largest absolute Gasteiger partial charge is 0.330 e. The van der Waals surface area contributed by atoms with Gasteiger partial charge in [-0.3, -0.25) is 14.3 Å². The third kappa shape index (κ3) is 3.77. The van der Waals surface area contributed by atoms with Crippen molar-refractivity contribution in [1.82, 2.24) is 14.5 Å². The zero-order valence-electron chi connectivity index (χ0n) is 16.4. The molecule has 1 saturated heterocycles. The zero-order chi connectivity index (χ0) is 19.5. The molecule has 1 unspecified atom stereocenters. The number of thiophene rings is 1. The zero-order valence-corrected chi connectivity index (χ0v) is 17.2. The van der Waals surface area contributed by atoms with E-state index in [1.54, 1.807) is 11.3 Å². The number of rotatable bonds is 6. The van der Waals surface area contributed by atoms with E-state index in [1.807, 2.05) is 34.2 Å². The molecule has 0 bridgehead atoms. The molecule has 3 aromatic rings. The Morgan fingerprint density at radius 1 is 1.21 bits per heavy atom. The smallest absolute Gasteiger partial charge is 0.262 e. The number of hydrogen-bond donors (Lipinski definition) is 1. The topological polar surface area (TPSA) is 64.2 Å². The second-order valence-corrected chi connectivity index (χ2v) is 8.52. The highest BCUT2D eigenvalue weighted by molar-refractivity contribution is 7.16. The van der Waals surface area contributed by atoms with Crippen LogP contribution in [0.3, 0.4) is 0 Å². The van der Waals surface area contributed by atoms with Gasteiger partial charge in [0.1, 0.15) is 10.7 Å². The van der Waals surface area contributed by atoms with Crippen LogP contribution in [0.15, 0.2) is 46.6 Å². The molecule has 1 aromatic carbocycles. The molecule has 0 radical (unpaired) electrons. The number of fused-ring (bicyclic) bond motifs is 1. The highest BCUT2D eigenvalue weighted by Gasteiger charge is 2.28. The molecule has 1 atom stereocenters. The van der Waals surface area contributed by atoms with Gasteiger partial charge in [-0.15, -0.1) is 11.3 Å². The number of piperidine rings is 1. The normalized spacial score (nSPS) is 17.2. The Morgan fingerprint density at radius 2 is 1.96 bits per heavy atom. The molecule has 6 heteroatoms. The van der Waals surface area contributed by atoms with E-state index in [1.165, 1.54) is 0 Å². The summed E-state index contributed by atoms with van der Waals surface area (Å²) >= 11 is 1.55. The maximum absolute atomic E-state index is 13.3. The third-order valence-corrected chi connectivity index (χ3v) is 6.71. The number of benzene rings is 1. The van der Waals surface area contributed by atoms with Gasteiger partial charge in [-0.25, -0.2) is 4.98 Å². The fraction of sp³-hybridized carbons (Fsp3) is 0.455. The number of hydrogen-bond acceptors (Lipinski definition) is 5. The Morgan fingerprint density at radius 3 is 2.64 bits per heavy atom. The fourth-order valence-corrected chi connectivity index (χ4v) is 5.00. The van der Waals surface area contributed by atoms with Crippen molar-refractivity contribution in [2.45, 2.75) is 38.8 Å². The lowest BCUT2D eigenvalue weighted by molar-refractivity contribution is 0.123. The minimum Gasteiger partial charge on any atom is -0.330 e. The molecular formula is C22H28N4OS. The molecule has 28 heavy (non-hydrogen) atoms. The molecule has 1 aliphatic rings. The first-order chi connectivity index (χ1) is 13.7. The van der Waals surface area contributed by atoms with Gasteiger partial charge in [0.15, 0.2) is 0 Å². The van der Waals surface area contributed by atoms with Crippen molar-refractivity contribution in [1.29, 1.82) is 0 Å². The Kier molecular flexibility index (Phi) is 5.90. The van der Waals surface area contributed by atoms with E-state index in [0.717, 1.165) is 60.5 Å². The Bertz CT molecular complexity index is 973. The van der Waals surface area contributed by atoms with Crippen LogP contribution in [-0.4, -0.2) is 34.1 Å². The van der Waals surface area contributed by atoms with Gasteiger partial charge in [-0.1, -0.05) is 37.3 Å². The molecular weight excluding hydrogens is 368 g/mol. The number of nitrogens with zero attached hydrogens (tertiary/aromatic N) is 3. The first kappa shape index (κ1) is 19.3. The maximum Gasteiger partial charge on any atom is 0.262 e. The van der Waals surface area contributed by atoms with Crippen LogP contribution in [0.4, 0.5) is 0 Å². The van der Waals surface area contributed by atoms with Gasteiger partial charge in [0.2, 0.25) is 0 Å². The van der Waals surface area contributed by atoms with Crippen LogP contribution >= 0.6 is 11.3 Å². The Hall–Kier alpha value is -2.02. The standard InChI is InChI=1S/C22H28N4OS/c1-2-19(25-11-8-16(14-23)9-12-25)20-24-21-18(10-13-28-21)22(27)26(20)15-17-6-4-3-5-7-17/h3-7,10,13,16,19H,2,8-9,11-12,14-15,23H2,1H3. The van der Waals surface area contributed by atoms with Crippen LogP contribution < -0.4 is 11.3 Å². The predicted molar refractivity (Wildman–Crippen MR) is 116 cm³/mol. The van der Waals surface area contributed by atoms with Crippen LogP contribution in [0.1, 0.15) is 43.6 Å². The van der Waals surface area contributed by atoms with Crippen LogP contribution in [0.5, 0.6) is 0 Å². The summed E-state index contributed by atoms with van der Waals surface area (Å²) in [6.07, 6.45) is 3.18. The number of aromatic nitrogens is 2. The quantitative estimate of drug-likeness (QED) is 0.691. The lowest BCUT2D eigenvalue weighted by atomic mass is 9.95. The summed E-state index contributed by atoms with van der Waals surface area (Å²) in [4.78, 5) is 21.6. The average Bonchev–Trinajstić information content (AvgIpc) is 3.21. The molecule has 148 valence electrons.